The maximum Gasteiger partial charge on any atom is 0.271 e. The number of non-ortho nitro benzene ring substituents is 1. The second-order valence-corrected chi connectivity index (χ2v) is 6.66. The standard InChI is InChI=1S/C17H20N4O4/c1-11-2-4-12(5-3-11)19-16(22)9-20-10-18-15-8-13(21(24)25)6-7-14(15)17(20)23/h6-8,10-12H,2-5,9H2,1H3,(H,19,22). The molecule has 0 radical (unpaired) electrons. The topological polar surface area (TPSA) is 107 Å². The zero-order chi connectivity index (χ0) is 18.0. The van der Waals surface area contributed by atoms with Gasteiger partial charge in [0.1, 0.15) is 6.54 Å². The second kappa shape index (κ2) is 7.00. The van der Waals surface area contributed by atoms with Gasteiger partial charge in [-0.2, -0.15) is 0 Å². The summed E-state index contributed by atoms with van der Waals surface area (Å²) in [7, 11) is 0. The minimum Gasteiger partial charge on any atom is -0.352 e. The molecule has 0 bridgehead atoms. The van der Waals surface area contributed by atoms with Crippen molar-refractivity contribution in [3.8, 4) is 0 Å². The molecule has 1 heterocycles. The molecule has 1 aliphatic carbocycles. The Balaban J connectivity index is 1.74. The van der Waals surface area contributed by atoms with Crippen LogP contribution in [0.3, 0.4) is 0 Å². The largest absolute Gasteiger partial charge is 0.352 e. The first kappa shape index (κ1) is 17.1. The molecule has 25 heavy (non-hydrogen) atoms. The number of aromatic nitrogens is 2. The molecule has 1 amide bonds. The first-order chi connectivity index (χ1) is 11.9. The molecule has 0 atom stereocenters. The van der Waals surface area contributed by atoms with Crippen molar-refractivity contribution in [3.63, 3.8) is 0 Å². The summed E-state index contributed by atoms with van der Waals surface area (Å²) >= 11 is 0. The van der Waals surface area contributed by atoms with Gasteiger partial charge in [0.25, 0.3) is 11.2 Å². The number of benzene rings is 1. The van der Waals surface area contributed by atoms with Crippen LogP contribution in [0.15, 0.2) is 29.3 Å². The van der Waals surface area contributed by atoms with Crippen LogP contribution in [0.2, 0.25) is 0 Å². The highest BCUT2D eigenvalue weighted by atomic mass is 16.6. The number of rotatable bonds is 4. The van der Waals surface area contributed by atoms with Crippen LogP contribution in [0.5, 0.6) is 0 Å². The maximum atomic E-state index is 12.5. The van der Waals surface area contributed by atoms with E-state index >= 15 is 0 Å². The van der Waals surface area contributed by atoms with E-state index in [4.69, 9.17) is 0 Å². The van der Waals surface area contributed by atoms with Gasteiger partial charge in [-0.15, -0.1) is 0 Å². The van der Waals surface area contributed by atoms with Gasteiger partial charge in [-0.25, -0.2) is 4.98 Å². The molecule has 1 saturated carbocycles. The summed E-state index contributed by atoms with van der Waals surface area (Å²) in [5.41, 5.74) is -0.258. The highest BCUT2D eigenvalue weighted by Gasteiger charge is 2.20. The third-order valence-corrected chi connectivity index (χ3v) is 4.71. The fourth-order valence-electron chi connectivity index (χ4n) is 3.21. The Morgan fingerprint density at radius 2 is 2.08 bits per heavy atom. The molecule has 1 aromatic heterocycles. The molecule has 1 fully saturated rings. The predicted molar refractivity (Wildman–Crippen MR) is 92.2 cm³/mol. The fraction of sp³-hybridized carbons (Fsp3) is 0.471. The van der Waals surface area contributed by atoms with Gasteiger partial charge >= 0.3 is 0 Å². The van der Waals surface area contributed by atoms with E-state index in [-0.39, 0.29) is 40.6 Å². The average molecular weight is 344 g/mol. The van der Waals surface area contributed by atoms with Gasteiger partial charge in [0.2, 0.25) is 5.91 Å². The first-order valence-corrected chi connectivity index (χ1v) is 8.37. The average Bonchev–Trinajstić information content (AvgIpc) is 2.59. The number of amides is 1. The van der Waals surface area contributed by atoms with Crippen molar-refractivity contribution >= 4 is 22.5 Å². The van der Waals surface area contributed by atoms with E-state index in [1.165, 1.54) is 29.1 Å². The lowest BCUT2D eigenvalue weighted by atomic mass is 9.87. The zero-order valence-electron chi connectivity index (χ0n) is 14.0. The first-order valence-electron chi connectivity index (χ1n) is 8.37. The van der Waals surface area contributed by atoms with Crippen molar-refractivity contribution in [1.29, 1.82) is 0 Å². The Morgan fingerprint density at radius 1 is 1.36 bits per heavy atom. The lowest BCUT2D eigenvalue weighted by molar-refractivity contribution is -0.384. The molecule has 2 aromatic rings. The number of nitrogens with one attached hydrogen (secondary N) is 1. The summed E-state index contributed by atoms with van der Waals surface area (Å²) in [4.78, 5) is 39.0. The van der Waals surface area contributed by atoms with E-state index in [2.05, 4.69) is 17.2 Å². The fourth-order valence-corrected chi connectivity index (χ4v) is 3.21. The summed E-state index contributed by atoms with van der Waals surface area (Å²) in [6.45, 7) is 2.10. The summed E-state index contributed by atoms with van der Waals surface area (Å²) in [5.74, 6) is 0.481. The van der Waals surface area contributed by atoms with Gasteiger partial charge in [-0.3, -0.25) is 24.3 Å². The van der Waals surface area contributed by atoms with Crippen LogP contribution < -0.4 is 10.9 Å². The molecular formula is C17H20N4O4. The molecule has 1 N–H and O–H groups in total. The highest BCUT2D eigenvalue weighted by Crippen LogP contribution is 2.23. The van der Waals surface area contributed by atoms with E-state index in [1.54, 1.807) is 0 Å². The highest BCUT2D eigenvalue weighted by molar-refractivity contribution is 5.80. The molecule has 0 spiro atoms. The van der Waals surface area contributed by atoms with E-state index in [1.807, 2.05) is 0 Å². The Hall–Kier alpha value is -2.77. The Morgan fingerprint density at radius 3 is 2.76 bits per heavy atom. The molecule has 8 heteroatoms. The second-order valence-electron chi connectivity index (χ2n) is 6.66. The van der Waals surface area contributed by atoms with Crippen LogP contribution in [-0.2, 0) is 11.3 Å². The smallest absolute Gasteiger partial charge is 0.271 e. The Bertz CT molecular complexity index is 869. The summed E-state index contributed by atoms with van der Waals surface area (Å²) in [6.07, 6.45) is 5.38. The molecule has 3 rings (SSSR count). The minimum atomic E-state index is -0.537. The number of nitrogens with zero attached hydrogens (tertiary/aromatic N) is 3. The van der Waals surface area contributed by atoms with Crippen LogP contribution in [0.25, 0.3) is 10.9 Å². The van der Waals surface area contributed by atoms with Gasteiger partial charge in [-0.05, 0) is 37.7 Å². The molecule has 0 unspecified atom stereocenters. The number of nitro groups is 1. The van der Waals surface area contributed by atoms with Crippen molar-refractivity contribution in [2.75, 3.05) is 0 Å². The van der Waals surface area contributed by atoms with Crippen LogP contribution in [0.1, 0.15) is 32.6 Å². The van der Waals surface area contributed by atoms with Crippen molar-refractivity contribution in [3.05, 3.63) is 45.0 Å². The van der Waals surface area contributed by atoms with E-state index in [0.29, 0.717) is 5.92 Å². The summed E-state index contributed by atoms with van der Waals surface area (Å²) in [6, 6.07) is 4.05. The lowest BCUT2D eigenvalue weighted by Gasteiger charge is -2.26. The quantitative estimate of drug-likeness (QED) is 0.674. The van der Waals surface area contributed by atoms with E-state index in [9.17, 15) is 19.7 Å². The number of carbonyl (C=O) groups is 1. The maximum absolute atomic E-state index is 12.5. The van der Waals surface area contributed by atoms with Crippen LogP contribution in [0.4, 0.5) is 5.69 Å². The number of nitro benzene ring substituents is 1. The van der Waals surface area contributed by atoms with Crippen molar-refractivity contribution in [1.82, 2.24) is 14.9 Å². The SMILES string of the molecule is CC1CCC(NC(=O)Cn2cnc3cc([N+](=O)[O-])ccc3c2=O)CC1. The molecular weight excluding hydrogens is 324 g/mol. The Labute approximate surface area is 144 Å². The third kappa shape index (κ3) is 3.84. The van der Waals surface area contributed by atoms with Gasteiger partial charge in [0, 0.05) is 18.2 Å². The summed E-state index contributed by atoms with van der Waals surface area (Å²) in [5, 5.41) is 14.0. The summed E-state index contributed by atoms with van der Waals surface area (Å²) < 4.78 is 1.23. The van der Waals surface area contributed by atoms with Gasteiger partial charge < -0.3 is 5.32 Å². The number of hydrogen-bond acceptors (Lipinski definition) is 5. The lowest BCUT2D eigenvalue weighted by Crippen LogP contribution is -2.40. The van der Waals surface area contributed by atoms with E-state index < -0.39 is 4.92 Å². The zero-order valence-corrected chi connectivity index (χ0v) is 14.0. The Kier molecular flexibility index (Phi) is 4.78. The monoisotopic (exact) mass is 344 g/mol. The number of hydrogen-bond donors (Lipinski definition) is 1. The van der Waals surface area contributed by atoms with Crippen LogP contribution >= 0.6 is 0 Å². The van der Waals surface area contributed by atoms with Gasteiger partial charge in [0.15, 0.2) is 0 Å². The molecule has 132 valence electrons. The molecule has 1 aromatic carbocycles. The molecule has 1 aliphatic rings. The molecule has 8 nitrogen and oxygen atoms in total. The predicted octanol–water partition coefficient (Wildman–Crippen LogP) is 2.00. The van der Waals surface area contributed by atoms with Crippen molar-refractivity contribution < 1.29 is 9.72 Å². The normalized spacial score (nSPS) is 20.4. The third-order valence-electron chi connectivity index (χ3n) is 4.71. The van der Waals surface area contributed by atoms with Crippen molar-refractivity contribution in [2.24, 2.45) is 5.92 Å². The van der Waals surface area contributed by atoms with E-state index in [0.717, 1.165) is 25.7 Å². The minimum absolute atomic E-state index is 0.106. The molecule has 0 saturated heterocycles. The van der Waals surface area contributed by atoms with Gasteiger partial charge in [-0.1, -0.05) is 6.92 Å². The van der Waals surface area contributed by atoms with Crippen molar-refractivity contribution in [2.45, 2.75) is 45.2 Å². The van der Waals surface area contributed by atoms with Crippen LogP contribution in [-0.4, -0.2) is 26.4 Å². The van der Waals surface area contributed by atoms with Gasteiger partial charge in [0.05, 0.1) is 22.2 Å². The van der Waals surface area contributed by atoms with Crippen LogP contribution in [0, 0.1) is 16.0 Å². The molecule has 0 aliphatic heterocycles. The number of carbonyl (C=O) groups excluding carboxylic acids is 1. The number of fused-ring (bicyclic) bond motifs is 1.